The third-order valence-corrected chi connectivity index (χ3v) is 4.66. The number of likely N-dealkylation sites (tertiary alicyclic amines) is 1. The maximum atomic E-state index is 12.4. The van der Waals surface area contributed by atoms with E-state index in [1.54, 1.807) is 14.2 Å². The van der Waals surface area contributed by atoms with E-state index in [2.05, 4.69) is 25.2 Å². The van der Waals surface area contributed by atoms with Crippen LogP contribution in [0.1, 0.15) is 44.6 Å². The molecule has 1 aromatic carbocycles. The molecular formula is C18H28N2O3. The number of urea groups is 1. The van der Waals surface area contributed by atoms with E-state index in [0.29, 0.717) is 0 Å². The Morgan fingerprint density at radius 3 is 2.65 bits per heavy atom. The third kappa shape index (κ3) is 3.89. The molecule has 0 unspecified atom stereocenters. The van der Waals surface area contributed by atoms with Crippen LogP contribution in [0.25, 0.3) is 0 Å². The van der Waals surface area contributed by atoms with E-state index >= 15 is 0 Å². The van der Waals surface area contributed by atoms with E-state index in [9.17, 15) is 4.79 Å². The van der Waals surface area contributed by atoms with Crippen LogP contribution in [0.15, 0.2) is 18.2 Å². The minimum atomic E-state index is 0.0445. The number of methoxy groups -OCH3 is 2. The third-order valence-electron chi connectivity index (χ3n) is 4.66. The molecule has 128 valence electrons. The average Bonchev–Trinajstić information content (AvgIpc) is 3.08. The second-order valence-electron chi connectivity index (χ2n) is 5.98. The summed E-state index contributed by atoms with van der Waals surface area (Å²) in [6.45, 7) is 5.69. The Hall–Kier alpha value is -1.91. The quantitative estimate of drug-likeness (QED) is 0.874. The summed E-state index contributed by atoms with van der Waals surface area (Å²) in [6, 6.07) is 6.24. The number of carbonyl (C=O) groups excluding carboxylic acids is 1. The Balaban J connectivity index is 2.07. The van der Waals surface area contributed by atoms with Gasteiger partial charge in [0.2, 0.25) is 0 Å². The molecule has 1 aliphatic rings. The number of hydrogen-bond acceptors (Lipinski definition) is 3. The first-order valence-corrected chi connectivity index (χ1v) is 8.40. The summed E-state index contributed by atoms with van der Waals surface area (Å²) in [5.74, 6) is 1.81. The highest BCUT2D eigenvalue weighted by atomic mass is 16.5. The molecule has 0 bridgehead atoms. The maximum Gasteiger partial charge on any atom is 0.317 e. The summed E-state index contributed by atoms with van der Waals surface area (Å²) < 4.78 is 10.9. The van der Waals surface area contributed by atoms with Gasteiger partial charge >= 0.3 is 6.03 Å². The van der Waals surface area contributed by atoms with Crippen LogP contribution >= 0.6 is 0 Å². The van der Waals surface area contributed by atoms with E-state index in [1.165, 1.54) is 0 Å². The highest BCUT2D eigenvalue weighted by Gasteiger charge is 2.30. The van der Waals surface area contributed by atoms with Crippen molar-refractivity contribution in [3.63, 3.8) is 0 Å². The number of rotatable bonds is 6. The number of carbonyl (C=O) groups is 1. The van der Waals surface area contributed by atoms with E-state index in [0.717, 1.165) is 49.4 Å². The van der Waals surface area contributed by atoms with Gasteiger partial charge in [0, 0.05) is 30.6 Å². The van der Waals surface area contributed by atoms with Gasteiger partial charge in [-0.25, -0.2) is 4.79 Å². The summed E-state index contributed by atoms with van der Waals surface area (Å²) >= 11 is 0. The SMILES string of the molecule is CCC(CC)NC(=O)N1CC[C@@H](c2cccc(OC)c2OC)C1. The normalized spacial score (nSPS) is 17.4. The lowest BCUT2D eigenvalue weighted by molar-refractivity contribution is 0.203. The molecule has 1 saturated heterocycles. The smallest absolute Gasteiger partial charge is 0.317 e. The second-order valence-corrected chi connectivity index (χ2v) is 5.98. The number of hydrogen-bond donors (Lipinski definition) is 1. The highest BCUT2D eigenvalue weighted by Crippen LogP contribution is 2.39. The van der Waals surface area contributed by atoms with Crippen LogP contribution in [-0.2, 0) is 0 Å². The zero-order chi connectivity index (χ0) is 16.8. The number of amides is 2. The van der Waals surface area contributed by atoms with E-state index in [1.807, 2.05) is 17.0 Å². The molecule has 1 aromatic rings. The molecule has 23 heavy (non-hydrogen) atoms. The molecule has 0 aromatic heterocycles. The van der Waals surface area contributed by atoms with Crippen molar-refractivity contribution in [2.45, 2.75) is 45.1 Å². The largest absolute Gasteiger partial charge is 0.493 e. The molecule has 1 aliphatic heterocycles. The molecule has 0 saturated carbocycles. The molecule has 2 rings (SSSR count). The van der Waals surface area contributed by atoms with Gasteiger partial charge in [0.05, 0.1) is 14.2 Å². The fraction of sp³-hybridized carbons (Fsp3) is 0.611. The summed E-state index contributed by atoms with van der Waals surface area (Å²) in [5, 5.41) is 3.11. The number of benzene rings is 1. The Labute approximate surface area is 139 Å². The minimum absolute atomic E-state index is 0.0445. The Bertz CT molecular complexity index is 529. The first-order valence-electron chi connectivity index (χ1n) is 8.40. The van der Waals surface area contributed by atoms with Crippen molar-refractivity contribution in [3.05, 3.63) is 23.8 Å². The fourth-order valence-electron chi connectivity index (χ4n) is 3.19. The topological polar surface area (TPSA) is 50.8 Å². The fourth-order valence-corrected chi connectivity index (χ4v) is 3.19. The molecule has 2 amide bonds. The molecule has 1 fully saturated rings. The average molecular weight is 320 g/mol. The van der Waals surface area contributed by atoms with Crippen molar-refractivity contribution in [3.8, 4) is 11.5 Å². The van der Waals surface area contributed by atoms with Crippen molar-refractivity contribution in [2.75, 3.05) is 27.3 Å². The monoisotopic (exact) mass is 320 g/mol. The lowest BCUT2D eigenvalue weighted by Crippen LogP contribution is -2.43. The van der Waals surface area contributed by atoms with Gasteiger partial charge in [0.1, 0.15) is 0 Å². The van der Waals surface area contributed by atoms with Crippen LogP contribution in [0.3, 0.4) is 0 Å². The predicted molar refractivity (Wildman–Crippen MR) is 91.4 cm³/mol. The van der Waals surface area contributed by atoms with Crippen molar-refractivity contribution in [1.82, 2.24) is 10.2 Å². The van der Waals surface area contributed by atoms with Crippen LogP contribution in [0.4, 0.5) is 4.79 Å². The Morgan fingerprint density at radius 1 is 1.30 bits per heavy atom. The molecule has 0 radical (unpaired) electrons. The van der Waals surface area contributed by atoms with Crippen LogP contribution in [0.5, 0.6) is 11.5 Å². The molecule has 0 aliphatic carbocycles. The molecule has 5 heteroatoms. The van der Waals surface area contributed by atoms with Crippen LogP contribution in [0, 0.1) is 0 Å². The highest BCUT2D eigenvalue weighted by molar-refractivity contribution is 5.75. The van der Waals surface area contributed by atoms with Crippen molar-refractivity contribution < 1.29 is 14.3 Å². The lowest BCUT2D eigenvalue weighted by atomic mass is 9.97. The van der Waals surface area contributed by atoms with Crippen LogP contribution in [-0.4, -0.2) is 44.3 Å². The summed E-state index contributed by atoms with van der Waals surface area (Å²) in [6.07, 6.45) is 2.87. The number of para-hydroxylation sites is 1. The van der Waals surface area contributed by atoms with Crippen LogP contribution in [0.2, 0.25) is 0 Å². The van der Waals surface area contributed by atoms with Crippen molar-refractivity contribution in [1.29, 1.82) is 0 Å². The van der Waals surface area contributed by atoms with Gasteiger partial charge in [-0.15, -0.1) is 0 Å². The first-order chi connectivity index (χ1) is 11.1. The van der Waals surface area contributed by atoms with Crippen molar-refractivity contribution in [2.24, 2.45) is 0 Å². The van der Waals surface area contributed by atoms with E-state index in [-0.39, 0.29) is 18.0 Å². The van der Waals surface area contributed by atoms with Gasteiger partial charge in [0.25, 0.3) is 0 Å². The Morgan fingerprint density at radius 2 is 2.04 bits per heavy atom. The Kier molecular flexibility index (Phi) is 6.13. The van der Waals surface area contributed by atoms with E-state index < -0.39 is 0 Å². The summed E-state index contributed by atoms with van der Waals surface area (Å²) in [4.78, 5) is 14.3. The van der Waals surface area contributed by atoms with Gasteiger partial charge in [-0.3, -0.25) is 0 Å². The van der Waals surface area contributed by atoms with Crippen molar-refractivity contribution >= 4 is 6.03 Å². The molecule has 1 heterocycles. The molecule has 5 nitrogen and oxygen atoms in total. The van der Waals surface area contributed by atoms with Gasteiger partial charge in [-0.1, -0.05) is 26.0 Å². The number of ether oxygens (including phenoxy) is 2. The predicted octanol–water partition coefficient (Wildman–Crippen LogP) is 3.39. The summed E-state index contributed by atoms with van der Waals surface area (Å²) in [5.41, 5.74) is 1.12. The number of nitrogens with zero attached hydrogens (tertiary/aromatic N) is 1. The summed E-state index contributed by atoms with van der Waals surface area (Å²) in [7, 11) is 3.31. The zero-order valence-corrected chi connectivity index (χ0v) is 14.6. The zero-order valence-electron chi connectivity index (χ0n) is 14.6. The lowest BCUT2D eigenvalue weighted by Gasteiger charge is -2.22. The first kappa shape index (κ1) is 17.4. The number of nitrogens with one attached hydrogen (secondary N) is 1. The van der Waals surface area contributed by atoms with Gasteiger partial charge < -0.3 is 19.7 Å². The van der Waals surface area contributed by atoms with Gasteiger partial charge in [-0.05, 0) is 25.3 Å². The van der Waals surface area contributed by atoms with E-state index in [4.69, 9.17) is 9.47 Å². The van der Waals surface area contributed by atoms with Gasteiger partial charge in [0.15, 0.2) is 11.5 Å². The van der Waals surface area contributed by atoms with Crippen LogP contribution < -0.4 is 14.8 Å². The maximum absolute atomic E-state index is 12.4. The molecule has 1 atom stereocenters. The minimum Gasteiger partial charge on any atom is -0.493 e. The molecular weight excluding hydrogens is 292 g/mol. The van der Waals surface area contributed by atoms with Gasteiger partial charge in [-0.2, -0.15) is 0 Å². The molecule has 0 spiro atoms. The second kappa shape index (κ2) is 8.09. The molecule has 1 N–H and O–H groups in total. The standard InChI is InChI=1S/C18H28N2O3/c1-5-14(6-2)19-18(21)20-11-10-13(12-20)15-8-7-9-16(22-3)17(15)23-4/h7-9,13-14H,5-6,10-12H2,1-4H3,(H,19,21)/t13-/m1/s1.